The van der Waals surface area contributed by atoms with Crippen LogP contribution in [0.1, 0.15) is 43.0 Å². The van der Waals surface area contributed by atoms with Gasteiger partial charge in [-0.1, -0.05) is 31.2 Å². The van der Waals surface area contributed by atoms with Crippen molar-refractivity contribution in [3.05, 3.63) is 40.8 Å². The summed E-state index contributed by atoms with van der Waals surface area (Å²) in [5.41, 5.74) is 0.377. The Morgan fingerprint density at radius 1 is 1.17 bits per heavy atom. The third-order valence-electron chi connectivity index (χ3n) is 8.92. The number of imidazole rings is 1. The molecular weight excluding hydrogens is 667 g/mol. The van der Waals surface area contributed by atoms with Gasteiger partial charge in [0.2, 0.25) is 5.95 Å². The first kappa shape index (κ1) is 34.1. The Morgan fingerprint density at radius 3 is 2.60 bits per heavy atom. The molecule has 0 unspecified atom stereocenters. The monoisotopic (exact) mass is 705 g/mol. The molecule has 1 spiro atoms. The summed E-state index contributed by atoms with van der Waals surface area (Å²) >= 11 is 6.75. The first-order valence-corrected chi connectivity index (χ1v) is 19.9. The van der Waals surface area contributed by atoms with Crippen molar-refractivity contribution in [2.75, 3.05) is 37.2 Å². The number of aryl methyl sites for hydroxylation is 1. The van der Waals surface area contributed by atoms with E-state index in [0.29, 0.717) is 55.3 Å². The van der Waals surface area contributed by atoms with Crippen LogP contribution in [0.3, 0.4) is 0 Å². The number of rotatable bonds is 12. The molecule has 2 aliphatic rings. The van der Waals surface area contributed by atoms with Crippen LogP contribution in [0.25, 0.3) is 11.2 Å². The zero-order chi connectivity index (χ0) is 34.3. The standard InChI is InChI=1S/C31H39ClF3N9O3Si/c1-43-26-25(32)22(47-21-11-19(15-36)27(37-16-21)39-18-46-9-10-48(2,3)4)17-38-28(26)41-29(43)40-24-12-23(31(33,34)35)44(42-24)20-13-30(14-20)5-7-45-8-6-30/h11-12,15-17,20,36H,5-10,13-14,18H2,1-4H3,(H,37,39)(H,38,40,41,42). The number of hydrogen-bond donors (Lipinski definition) is 3. The van der Waals surface area contributed by atoms with Gasteiger partial charge >= 0.3 is 6.18 Å². The van der Waals surface area contributed by atoms with Gasteiger partial charge in [0.25, 0.3) is 0 Å². The molecule has 17 heteroatoms. The van der Waals surface area contributed by atoms with Gasteiger partial charge in [0.05, 0.1) is 18.4 Å². The van der Waals surface area contributed by atoms with Crippen molar-refractivity contribution in [1.29, 1.82) is 5.41 Å². The van der Waals surface area contributed by atoms with Gasteiger partial charge < -0.3 is 34.8 Å². The SMILES string of the molecule is Cn1c(Nc2cc(C(F)(F)F)n(C3CC4(CCOCC4)C3)n2)nc2ncc(Oc3cnc(NCOCC[Si](C)(C)C)c(C=N)c3)c(Cl)c21. The fourth-order valence-corrected chi connectivity index (χ4v) is 7.21. The lowest BCUT2D eigenvalue weighted by atomic mass is 9.61. The average molecular weight is 706 g/mol. The lowest BCUT2D eigenvalue weighted by molar-refractivity contribution is -0.148. The molecule has 6 rings (SSSR count). The van der Waals surface area contributed by atoms with Gasteiger partial charge in [0, 0.05) is 52.8 Å². The van der Waals surface area contributed by atoms with Crippen LogP contribution in [-0.4, -0.2) is 70.1 Å². The molecule has 1 saturated carbocycles. The topological polar surface area (TPSA) is 137 Å². The van der Waals surface area contributed by atoms with Gasteiger partial charge in [-0.2, -0.15) is 23.3 Å². The first-order chi connectivity index (χ1) is 22.7. The largest absolute Gasteiger partial charge is 0.452 e. The Balaban J connectivity index is 1.17. The number of aromatic nitrogens is 6. The first-order valence-electron chi connectivity index (χ1n) is 15.8. The number of nitrogens with zero attached hydrogens (tertiary/aromatic N) is 6. The van der Waals surface area contributed by atoms with E-state index in [-0.39, 0.29) is 46.4 Å². The number of ether oxygens (including phenoxy) is 3. The summed E-state index contributed by atoms with van der Waals surface area (Å²) in [6.07, 6.45) is 2.47. The van der Waals surface area contributed by atoms with E-state index in [0.717, 1.165) is 35.8 Å². The molecule has 4 aromatic rings. The lowest BCUT2D eigenvalue weighted by Gasteiger charge is -2.50. The molecule has 0 radical (unpaired) electrons. The van der Waals surface area contributed by atoms with Gasteiger partial charge in [0.15, 0.2) is 17.2 Å². The number of alkyl halides is 3. The molecule has 1 aliphatic carbocycles. The molecule has 258 valence electrons. The zero-order valence-electron chi connectivity index (χ0n) is 27.2. The van der Waals surface area contributed by atoms with Gasteiger partial charge in [0.1, 0.15) is 34.5 Å². The maximum atomic E-state index is 14.1. The number of anilines is 3. The van der Waals surface area contributed by atoms with Crippen LogP contribution in [-0.2, 0) is 22.7 Å². The Hall–Kier alpha value is -3.73. The fraction of sp³-hybridized carbons (Fsp3) is 0.516. The second-order valence-electron chi connectivity index (χ2n) is 13.7. The minimum Gasteiger partial charge on any atom is -0.452 e. The van der Waals surface area contributed by atoms with Crippen molar-refractivity contribution < 1.29 is 27.4 Å². The minimum absolute atomic E-state index is 0.0154. The quantitative estimate of drug-likeness (QED) is 0.0588. The summed E-state index contributed by atoms with van der Waals surface area (Å²) in [7, 11) is 0.467. The minimum atomic E-state index is -4.57. The van der Waals surface area contributed by atoms with E-state index < -0.39 is 19.9 Å². The van der Waals surface area contributed by atoms with Gasteiger partial charge in [-0.05, 0) is 43.2 Å². The number of halogens is 4. The third-order valence-corrected chi connectivity index (χ3v) is 11.0. The van der Waals surface area contributed by atoms with Crippen LogP contribution in [0.5, 0.6) is 11.5 Å². The van der Waals surface area contributed by atoms with Crippen LogP contribution in [0.4, 0.5) is 30.8 Å². The smallest absolute Gasteiger partial charge is 0.433 e. The molecule has 0 amide bonds. The Morgan fingerprint density at radius 2 is 1.92 bits per heavy atom. The highest BCUT2D eigenvalue weighted by atomic mass is 35.5. The average Bonchev–Trinajstić information content (AvgIpc) is 3.58. The van der Waals surface area contributed by atoms with Crippen molar-refractivity contribution in [3.8, 4) is 11.5 Å². The lowest BCUT2D eigenvalue weighted by Crippen LogP contribution is -2.43. The molecule has 0 aromatic carbocycles. The van der Waals surface area contributed by atoms with Crippen molar-refractivity contribution >= 4 is 54.6 Å². The maximum absolute atomic E-state index is 14.1. The van der Waals surface area contributed by atoms with E-state index in [2.05, 4.69) is 50.3 Å². The number of pyridine rings is 2. The molecule has 48 heavy (non-hydrogen) atoms. The van der Waals surface area contributed by atoms with E-state index >= 15 is 0 Å². The van der Waals surface area contributed by atoms with Crippen LogP contribution >= 0.6 is 11.6 Å². The Bertz CT molecular complexity index is 1790. The van der Waals surface area contributed by atoms with Crippen LogP contribution in [0, 0.1) is 10.8 Å². The summed E-state index contributed by atoms with van der Waals surface area (Å²) in [4.78, 5) is 13.2. The van der Waals surface area contributed by atoms with Crippen molar-refractivity contribution in [3.63, 3.8) is 0 Å². The molecule has 5 heterocycles. The molecule has 2 fully saturated rings. The van der Waals surface area contributed by atoms with E-state index in [9.17, 15) is 13.2 Å². The Labute approximate surface area is 281 Å². The van der Waals surface area contributed by atoms with Gasteiger partial charge in [-0.15, -0.1) is 0 Å². The van der Waals surface area contributed by atoms with Crippen LogP contribution in [0.2, 0.25) is 30.7 Å². The van der Waals surface area contributed by atoms with Gasteiger partial charge in [-0.25, -0.2) is 9.97 Å². The molecule has 3 N–H and O–H groups in total. The van der Waals surface area contributed by atoms with E-state index in [1.165, 1.54) is 12.4 Å². The molecule has 4 aromatic heterocycles. The summed E-state index contributed by atoms with van der Waals surface area (Å²) < 4.78 is 62.0. The number of hydrogen-bond acceptors (Lipinski definition) is 10. The summed E-state index contributed by atoms with van der Waals surface area (Å²) in [6.45, 7) is 9.04. The van der Waals surface area contributed by atoms with Crippen molar-refractivity contribution in [2.24, 2.45) is 12.5 Å². The fourth-order valence-electron chi connectivity index (χ4n) is 6.15. The maximum Gasteiger partial charge on any atom is 0.433 e. The number of nitrogens with one attached hydrogen (secondary N) is 3. The summed E-state index contributed by atoms with van der Waals surface area (Å²) in [5, 5.41) is 18.4. The Kier molecular flexibility index (Phi) is 9.45. The highest BCUT2D eigenvalue weighted by molar-refractivity contribution is 6.76. The summed E-state index contributed by atoms with van der Waals surface area (Å²) in [5.74, 6) is 1.23. The molecule has 1 aliphatic heterocycles. The molecule has 0 atom stereocenters. The van der Waals surface area contributed by atoms with Crippen molar-refractivity contribution in [2.45, 2.75) is 63.6 Å². The highest BCUT2D eigenvalue weighted by Gasteiger charge is 2.49. The molecule has 0 bridgehead atoms. The van der Waals surface area contributed by atoms with E-state index in [4.69, 9.17) is 31.2 Å². The molecule has 1 saturated heterocycles. The molecular formula is C31H39ClF3N9O3Si. The second-order valence-corrected chi connectivity index (χ2v) is 19.7. The predicted molar refractivity (Wildman–Crippen MR) is 180 cm³/mol. The third kappa shape index (κ3) is 7.30. The van der Waals surface area contributed by atoms with Crippen LogP contribution in [0.15, 0.2) is 24.5 Å². The number of fused-ring (bicyclic) bond motifs is 1. The van der Waals surface area contributed by atoms with E-state index in [1.54, 1.807) is 17.7 Å². The normalized spacial score (nSPS) is 16.7. The van der Waals surface area contributed by atoms with Crippen LogP contribution < -0.4 is 15.4 Å². The summed E-state index contributed by atoms with van der Waals surface area (Å²) in [6, 6.07) is 3.35. The predicted octanol–water partition coefficient (Wildman–Crippen LogP) is 7.62. The van der Waals surface area contributed by atoms with E-state index in [1.807, 2.05) is 0 Å². The zero-order valence-corrected chi connectivity index (χ0v) is 29.0. The molecule has 12 nitrogen and oxygen atoms in total. The van der Waals surface area contributed by atoms with Gasteiger partial charge in [-0.3, -0.25) is 4.68 Å². The second kappa shape index (κ2) is 13.3. The van der Waals surface area contributed by atoms with Crippen molar-refractivity contribution in [1.82, 2.24) is 29.3 Å². The highest BCUT2D eigenvalue weighted by Crippen LogP contribution is 2.55.